The largest absolute Gasteiger partial charge is 0.378 e. The van der Waals surface area contributed by atoms with E-state index in [0.717, 1.165) is 50.6 Å². The van der Waals surface area contributed by atoms with E-state index in [4.69, 9.17) is 0 Å². The van der Waals surface area contributed by atoms with Crippen LogP contribution in [0.5, 0.6) is 0 Å². The standard InChI is InChI=1S/C32H34N6O/c1-7-24(18-22(3)33-4)35-25-12-14-27(15-13-25)37-32(39)23-8-10-26(11-9-23)36-31-21(2)20-34-30-17-16-28(38(5)6)19-29(30)31/h7-20,35H,4H2,1-3,5-6H3,(H,34,36)(H,37,39)/b22-18-,24-7+. The van der Waals surface area contributed by atoms with Gasteiger partial charge in [-0.25, -0.2) is 0 Å². The van der Waals surface area contributed by atoms with Crippen LogP contribution < -0.4 is 20.9 Å². The van der Waals surface area contributed by atoms with Gasteiger partial charge in [-0.05, 0) is 106 Å². The maximum Gasteiger partial charge on any atom is 0.255 e. The third kappa shape index (κ3) is 6.70. The number of carbonyl (C=O) groups excluding carboxylic acids is 1. The average molecular weight is 519 g/mol. The molecule has 0 spiro atoms. The summed E-state index contributed by atoms with van der Waals surface area (Å²) in [7, 11) is 4.04. The Hall–Kier alpha value is -4.91. The monoisotopic (exact) mass is 518 g/mol. The Kier molecular flexibility index (Phi) is 8.41. The number of nitrogens with one attached hydrogen (secondary N) is 3. The molecule has 1 aromatic heterocycles. The molecule has 0 unspecified atom stereocenters. The molecule has 4 aromatic rings. The molecule has 0 saturated heterocycles. The number of allylic oxidation sites excluding steroid dienone is 3. The number of pyridine rings is 1. The summed E-state index contributed by atoms with van der Waals surface area (Å²) in [6.07, 6.45) is 5.75. The van der Waals surface area contributed by atoms with Crippen molar-refractivity contribution >= 4 is 52.0 Å². The molecular weight excluding hydrogens is 484 g/mol. The Morgan fingerprint density at radius 3 is 2.21 bits per heavy atom. The Bertz CT molecular complexity index is 1550. The Morgan fingerprint density at radius 1 is 0.949 bits per heavy atom. The number of fused-ring (bicyclic) bond motifs is 1. The topological polar surface area (TPSA) is 81.6 Å². The summed E-state index contributed by atoms with van der Waals surface area (Å²) < 4.78 is 0. The van der Waals surface area contributed by atoms with Gasteiger partial charge in [0.2, 0.25) is 0 Å². The second-order valence-electron chi connectivity index (χ2n) is 9.46. The Balaban J connectivity index is 1.44. The lowest BCUT2D eigenvalue weighted by molar-refractivity contribution is 0.102. The van der Waals surface area contributed by atoms with Crippen molar-refractivity contribution in [3.05, 3.63) is 108 Å². The molecule has 7 heteroatoms. The SMILES string of the molecule is C=N/C(C)=C\C(=C/C)Nc1ccc(NC(=O)c2ccc(Nc3c(C)cnc4ccc(N(C)C)cc34)cc2)cc1. The van der Waals surface area contributed by atoms with Crippen LogP contribution in [0.3, 0.4) is 0 Å². The minimum atomic E-state index is -0.173. The van der Waals surface area contributed by atoms with E-state index in [1.54, 1.807) is 0 Å². The van der Waals surface area contributed by atoms with Gasteiger partial charge in [0.1, 0.15) is 0 Å². The van der Waals surface area contributed by atoms with Crippen LogP contribution in [0, 0.1) is 6.92 Å². The summed E-state index contributed by atoms with van der Waals surface area (Å²) in [6.45, 7) is 9.42. The lowest BCUT2D eigenvalue weighted by Crippen LogP contribution is -2.11. The van der Waals surface area contributed by atoms with Crippen molar-refractivity contribution in [1.29, 1.82) is 0 Å². The molecule has 3 N–H and O–H groups in total. The average Bonchev–Trinajstić information content (AvgIpc) is 2.95. The first-order chi connectivity index (χ1) is 18.8. The first-order valence-electron chi connectivity index (χ1n) is 12.7. The summed E-state index contributed by atoms with van der Waals surface area (Å²) in [5.74, 6) is -0.173. The highest BCUT2D eigenvalue weighted by Gasteiger charge is 2.10. The number of aromatic nitrogens is 1. The number of aliphatic imine (C=N–C) groups is 1. The molecule has 0 bridgehead atoms. The van der Waals surface area contributed by atoms with Crippen LogP contribution >= 0.6 is 0 Å². The van der Waals surface area contributed by atoms with Gasteiger partial charge in [0.15, 0.2) is 0 Å². The quantitative estimate of drug-likeness (QED) is 0.158. The Morgan fingerprint density at radius 2 is 1.59 bits per heavy atom. The van der Waals surface area contributed by atoms with Gasteiger partial charge in [-0.15, -0.1) is 0 Å². The molecule has 0 radical (unpaired) electrons. The number of rotatable bonds is 9. The summed E-state index contributed by atoms with van der Waals surface area (Å²) in [4.78, 5) is 23.4. The maximum absolute atomic E-state index is 12.9. The number of hydrogen-bond acceptors (Lipinski definition) is 6. The molecule has 7 nitrogen and oxygen atoms in total. The van der Waals surface area contributed by atoms with Crippen LogP contribution in [-0.4, -0.2) is 31.7 Å². The van der Waals surface area contributed by atoms with E-state index in [2.05, 4.69) is 49.7 Å². The van der Waals surface area contributed by atoms with E-state index in [0.29, 0.717) is 11.3 Å². The van der Waals surface area contributed by atoms with Crippen molar-refractivity contribution in [2.75, 3.05) is 34.9 Å². The third-order valence-corrected chi connectivity index (χ3v) is 6.33. The fraction of sp³-hybridized carbons (Fsp3) is 0.156. The smallest absolute Gasteiger partial charge is 0.255 e. The lowest BCUT2D eigenvalue weighted by Gasteiger charge is -2.17. The van der Waals surface area contributed by atoms with Crippen LogP contribution in [0.2, 0.25) is 0 Å². The van der Waals surface area contributed by atoms with Gasteiger partial charge in [0, 0.05) is 65.4 Å². The number of hydrogen-bond donors (Lipinski definition) is 3. The molecule has 198 valence electrons. The highest BCUT2D eigenvalue weighted by Crippen LogP contribution is 2.31. The van der Waals surface area contributed by atoms with Gasteiger partial charge in [-0.1, -0.05) is 6.08 Å². The first kappa shape index (κ1) is 27.1. The summed E-state index contributed by atoms with van der Waals surface area (Å²) >= 11 is 0. The van der Waals surface area contributed by atoms with Crippen LogP contribution in [0.15, 0.2) is 101 Å². The zero-order valence-electron chi connectivity index (χ0n) is 23.0. The highest BCUT2D eigenvalue weighted by atomic mass is 16.1. The first-order valence-corrected chi connectivity index (χ1v) is 12.7. The molecule has 1 amide bonds. The molecule has 0 fully saturated rings. The normalized spacial score (nSPS) is 11.7. The van der Waals surface area contributed by atoms with E-state index in [1.807, 2.05) is 108 Å². The molecular formula is C32H34N6O. The second kappa shape index (κ2) is 12.1. The molecule has 1 heterocycles. The van der Waals surface area contributed by atoms with Gasteiger partial charge in [-0.3, -0.25) is 14.8 Å². The van der Waals surface area contributed by atoms with Gasteiger partial charge in [0.25, 0.3) is 5.91 Å². The number of amides is 1. The molecule has 0 aliphatic rings. The maximum atomic E-state index is 12.9. The van der Waals surface area contributed by atoms with Crippen LogP contribution in [0.1, 0.15) is 29.8 Å². The summed E-state index contributed by atoms with van der Waals surface area (Å²) in [5, 5.41) is 10.9. The van der Waals surface area contributed by atoms with E-state index in [9.17, 15) is 4.79 Å². The molecule has 0 aliphatic heterocycles. The van der Waals surface area contributed by atoms with Crippen molar-refractivity contribution in [2.45, 2.75) is 20.8 Å². The minimum Gasteiger partial charge on any atom is -0.378 e. The van der Waals surface area contributed by atoms with Crippen molar-refractivity contribution in [3.8, 4) is 0 Å². The van der Waals surface area contributed by atoms with E-state index >= 15 is 0 Å². The van der Waals surface area contributed by atoms with E-state index in [1.165, 1.54) is 0 Å². The van der Waals surface area contributed by atoms with E-state index in [-0.39, 0.29) is 5.91 Å². The van der Waals surface area contributed by atoms with Crippen LogP contribution in [0.25, 0.3) is 10.9 Å². The Labute approximate surface area is 230 Å². The van der Waals surface area contributed by atoms with Crippen LogP contribution in [0.4, 0.5) is 28.4 Å². The second-order valence-corrected chi connectivity index (χ2v) is 9.46. The zero-order chi connectivity index (χ0) is 27.9. The van der Waals surface area contributed by atoms with Crippen molar-refractivity contribution in [2.24, 2.45) is 4.99 Å². The van der Waals surface area contributed by atoms with Gasteiger partial charge >= 0.3 is 0 Å². The number of benzene rings is 3. The fourth-order valence-electron chi connectivity index (χ4n) is 4.04. The van der Waals surface area contributed by atoms with Gasteiger partial charge < -0.3 is 20.9 Å². The summed E-state index contributed by atoms with van der Waals surface area (Å²) in [6, 6.07) is 21.3. The van der Waals surface area contributed by atoms with Crippen molar-refractivity contribution in [1.82, 2.24) is 4.98 Å². The minimum absolute atomic E-state index is 0.173. The van der Waals surface area contributed by atoms with E-state index < -0.39 is 0 Å². The molecule has 39 heavy (non-hydrogen) atoms. The molecule has 0 aliphatic carbocycles. The van der Waals surface area contributed by atoms with Gasteiger partial charge in [0.05, 0.1) is 11.2 Å². The predicted octanol–water partition coefficient (Wildman–Crippen LogP) is 7.53. The van der Waals surface area contributed by atoms with Crippen LogP contribution in [-0.2, 0) is 0 Å². The molecule has 4 rings (SSSR count). The fourth-order valence-corrected chi connectivity index (χ4v) is 4.04. The number of carbonyl (C=O) groups is 1. The molecule has 0 saturated carbocycles. The number of aryl methyl sites for hydroxylation is 1. The lowest BCUT2D eigenvalue weighted by atomic mass is 10.1. The number of anilines is 5. The predicted molar refractivity (Wildman–Crippen MR) is 166 cm³/mol. The molecule has 3 aromatic carbocycles. The van der Waals surface area contributed by atoms with Gasteiger partial charge in [-0.2, -0.15) is 0 Å². The van der Waals surface area contributed by atoms with Crippen molar-refractivity contribution in [3.63, 3.8) is 0 Å². The zero-order valence-corrected chi connectivity index (χ0v) is 23.0. The third-order valence-electron chi connectivity index (χ3n) is 6.33. The summed E-state index contributed by atoms with van der Waals surface area (Å²) in [5.41, 5.74) is 8.89. The molecule has 0 atom stereocenters. The number of nitrogens with zero attached hydrogens (tertiary/aromatic N) is 3. The van der Waals surface area contributed by atoms with Crippen molar-refractivity contribution < 1.29 is 4.79 Å². The highest BCUT2D eigenvalue weighted by molar-refractivity contribution is 6.04.